The highest BCUT2D eigenvalue weighted by Gasteiger charge is 2.44. The Kier molecular flexibility index (Phi) is 4.59. The molecule has 0 aromatic heterocycles. The molecule has 4 nitrogen and oxygen atoms in total. The van der Waals surface area contributed by atoms with Gasteiger partial charge in [-0.2, -0.15) is 0 Å². The lowest BCUT2D eigenvalue weighted by Crippen LogP contribution is -2.39. The largest absolute Gasteiger partial charge is 0.486 e. The first-order chi connectivity index (χ1) is 11.0. The third-order valence-electron chi connectivity index (χ3n) is 5.01. The summed E-state index contributed by atoms with van der Waals surface area (Å²) in [6, 6.07) is 1.96. The zero-order valence-electron chi connectivity index (χ0n) is 13.7. The molecular weight excluding hydrogens is 360 g/mol. The van der Waals surface area contributed by atoms with Gasteiger partial charge in [0.2, 0.25) is 0 Å². The number of aliphatic carboxylic acids is 1. The number of carboxylic acid groups (broad SMARTS) is 1. The number of carbonyl (C=O) groups is 1. The van der Waals surface area contributed by atoms with Crippen LogP contribution in [0, 0.1) is 0 Å². The van der Waals surface area contributed by atoms with E-state index in [1.807, 2.05) is 6.07 Å². The van der Waals surface area contributed by atoms with E-state index in [1.54, 1.807) is 0 Å². The van der Waals surface area contributed by atoms with Gasteiger partial charge >= 0.3 is 5.97 Å². The normalized spacial score (nSPS) is 19.7. The van der Waals surface area contributed by atoms with Crippen LogP contribution in [-0.2, 0) is 10.2 Å². The summed E-state index contributed by atoms with van der Waals surface area (Å²) < 4.78 is 12.5. The van der Waals surface area contributed by atoms with Crippen molar-refractivity contribution in [2.45, 2.75) is 57.3 Å². The van der Waals surface area contributed by atoms with Gasteiger partial charge < -0.3 is 14.6 Å². The van der Waals surface area contributed by atoms with Crippen molar-refractivity contribution in [3.63, 3.8) is 0 Å². The van der Waals surface area contributed by atoms with E-state index < -0.39 is 11.4 Å². The summed E-state index contributed by atoms with van der Waals surface area (Å²) in [5, 5.41) is 10.1. The first kappa shape index (κ1) is 16.6. The number of carboxylic acids is 1. The minimum atomic E-state index is -0.809. The van der Waals surface area contributed by atoms with Gasteiger partial charge in [0, 0.05) is 5.56 Å². The van der Waals surface area contributed by atoms with Crippen LogP contribution in [0.3, 0.4) is 0 Å². The summed E-state index contributed by atoms with van der Waals surface area (Å²) >= 11 is 3.56. The Labute approximate surface area is 145 Å². The Morgan fingerprint density at radius 3 is 2.35 bits per heavy atom. The van der Waals surface area contributed by atoms with Crippen LogP contribution in [0.5, 0.6) is 11.5 Å². The van der Waals surface area contributed by atoms with Crippen molar-refractivity contribution in [1.29, 1.82) is 0 Å². The molecule has 1 aliphatic heterocycles. The topological polar surface area (TPSA) is 55.8 Å². The highest BCUT2D eigenvalue weighted by Crippen LogP contribution is 2.51. The quantitative estimate of drug-likeness (QED) is 0.827. The summed E-state index contributed by atoms with van der Waals surface area (Å²) in [5.74, 6) is 0.885. The van der Waals surface area contributed by atoms with Crippen LogP contribution >= 0.6 is 15.9 Å². The average Bonchev–Trinajstić information content (AvgIpc) is 2.55. The number of benzene rings is 1. The van der Waals surface area contributed by atoms with E-state index in [-0.39, 0.29) is 5.92 Å². The van der Waals surface area contributed by atoms with E-state index in [1.165, 1.54) is 0 Å². The zero-order valence-corrected chi connectivity index (χ0v) is 15.2. The van der Waals surface area contributed by atoms with Crippen molar-refractivity contribution in [1.82, 2.24) is 0 Å². The lowest BCUT2D eigenvalue weighted by atomic mass is 9.67. The molecule has 0 bridgehead atoms. The van der Waals surface area contributed by atoms with E-state index in [4.69, 9.17) is 9.47 Å². The second kappa shape index (κ2) is 6.34. The maximum atomic E-state index is 12.2. The van der Waals surface area contributed by atoms with Gasteiger partial charge in [0.15, 0.2) is 11.5 Å². The molecule has 0 unspecified atom stereocenters. The van der Waals surface area contributed by atoms with Gasteiger partial charge in [0.1, 0.15) is 13.2 Å². The molecule has 0 atom stereocenters. The lowest BCUT2D eigenvalue weighted by molar-refractivity contribution is -0.145. The first-order valence-electron chi connectivity index (χ1n) is 8.33. The molecule has 1 aromatic carbocycles. The van der Waals surface area contributed by atoms with Gasteiger partial charge in [-0.1, -0.05) is 33.1 Å². The van der Waals surface area contributed by atoms with Crippen molar-refractivity contribution in [3.8, 4) is 11.5 Å². The number of halogens is 1. The Balaban J connectivity index is 2.25. The van der Waals surface area contributed by atoms with Crippen LogP contribution in [0.25, 0.3) is 0 Å². The van der Waals surface area contributed by atoms with Gasteiger partial charge in [0.25, 0.3) is 0 Å². The summed E-state index contributed by atoms with van der Waals surface area (Å²) in [4.78, 5) is 12.2. The fourth-order valence-corrected chi connectivity index (χ4v) is 4.43. The SMILES string of the molecule is CC(C)c1c(C2(C(=O)O)CCCCC2)cc(Br)c2c1OCCO2. The van der Waals surface area contributed by atoms with Gasteiger partial charge in [-0.05, 0) is 46.3 Å². The number of hydrogen-bond donors (Lipinski definition) is 1. The van der Waals surface area contributed by atoms with Crippen LogP contribution in [0.1, 0.15) is 63.0 Å². The molecule has 0 amide bonds. The lowest BCUT2D eigenvalue weighted by Gasteiger charge is -2.37. The molecule has 2 aliphatic rings. The van der Waals surface area contributed by atoms with E-state index >= 15 is 0 Å². The Morgan fingerprint density at radius 2 is 1.78 bits per heavy atom. The number of ether oxygens (including phenoxy) is 2. The highest BCUT2D eigenvalue weighted by molar-refractivity contribution is 9.10. The van der Waals surface area contributed by atoms with Gasteiger partial charge in [0.05, 0.1) is 9.89 Å². The van der Waals surface area contributed by atoms with E-state index in [2.05, 4.69) is 29.8 Å². The highest BCUT2D eigenvalue weighted by atomic mass is 79.9. The van der Waals surface area contributed by atoms with Crippen LogP contribution in [0.4, 0.5) is 0 Å². The van der Waals surface area contributed by atoms with Gasteiger partial charge in [-0.3, -0.25) is 4.79 Å². The van der Waals surface area contributed by atoms with E-state index in [0.717, 1.165) is 40.6 Å². The Bertz CT molecular complexity index is 618. The summed E-state index contributed by atoms with van der Waals surface area (Å²) in [6.45, 7) is 5.20. The molecule has 1 aliphatic carbocycles. The van der Waals surface area contributed by atoms with Crippen LogP contribution in [-0.4, -0.2) is 24.3 Å². The Hall–Kier alpha value is -1.23. The number of rotatable bonds is 3. The summed E-state index contributed by atoms with van der Waals surface area (Å²) in [7, 11) is 0. The third kappa shape index (κ3) is 2.73. The Morgan fingerprint density at radius 1 is 1.17 bits per heavy atom. The average molecular weight is 383 g/mol. The molecule has 126 valence electrons. The third-order valence-corrected chi connectivity index (χ3v) is 5.60. The van der Waals surface area contributed by atoms with Crippen LogP contribution in [0.15, 0.2) is 10.5 Å². The van der Waals surface area contributed by atoms with Crippen molar-refractivity contribution < 1.29 is 19.4 Å². The van der Waals surface area contributed by atoms with Crippen molar-refractivity contribution >= 4 is 21.9 Å². The molecule has 1 fully saturated rings. The predicted octanol–water partition coefficient (Wildman–Crippen LogP) is 4.63. The maximum Gasteiger partial charge on any atom is 0.314 e. The predicted molar refractivity (Wildman–Crippen MR) is 91.6 cm³/mol. The summed E-state index contributed by atoms with van der Waals surface area (Å²) in [6.07, 6.45) is 4.39. The van der Waals surface area contributed by atoms with E-state index in [9.17, 15) is 9.90 Å². The number of hydrogen-bond acceptors (Lipinski definition) is 3. The smallest absolute Gasteiger partial charge is 0.314 e. The standard InChI is InChI=1S/C18H23BrO4/c1-11(2)14-12(18(17(20)21)6-4-3-5-7-18)10-13(19)15-16(14)23-9-8-22-15/h10-11H,3-9H2,1-2H3,(H,20,21). The second-order valence-electron chi connectivity index (χ2n) is 6.78. The maximum absolute atomic E-state index is 12.2. The minimum Gasteiger partial charge on any atom is -0.486 e. The van der Waals surface area contributed by atoms with Gasteiger partial charge in [-0.15, -0.1) is 0 Å². The molecule has 3 rings (SSSR count). The monoisotopic (exact) mass is 382 g/mol. The number of fused-ring (bicyclic) bond motifs is 1. The zero-order chi connectivity index (χ0) is 16.6. The van der Waals surface area contributed by atoms with E-state index in [0.29, 0.717) is 31.8 Å². The molecule has 1 saturated carbocycles. The molecule has 23 heavy (non-hydrogen) atoms. The molecule has 1 heterocycles. The molecule has 1 aromatic rings. The minimum absolute atomic E-state index is 0.173. The molecule has 0 saturated heterocycles. The van der Waals surface area contributed by atoms with Crippen LogP contribution < -0.4 is 9.47 Å². The van der Waals surface area contributed by atoms with Crippen molar-refractivity contribution in [2.75, 3.05) is 13.2 Å². The molecule has 1 N–H and O–H groups in total. The molecular formula is C18H23BrO4. The van der Waals surface area contributed by atoms with Crippen LogP contribution in [0.2, 0.25) is 0 Å². The molecule has 0 radical (unpaired) electrons. The fourth-order valence-electron chi connectivity index (χ4n) is 3.91. The molecule has 0 spiro atoms. The first-order valence-corrected chi connectivity index (χ1v) is 9.12. The van der Waals surface area contributed by atoms with Gasteiger partial charge in [-0.25, -0.2) is 0 Å². The fraction of sp³-hybridized carbons (Fsp3) is 0.611. The summed E-state index contributed by atoms with van der Waals surface area (Å²) in [5.41, 5.74) is 1.08. The van der Waals surface area contributed by atoms with Crippen molar-refractivity contribution in [2.24, 2.45) is 0 Å². The molecule has 5 heteroatoms. The van der Waals surface area contributed by atoms with Crippen molar-refractivity contribution in [3.05, 3.63) is 21.7 Å². The second-order valence-corrected chi connectivity index (χ2v) is 7.63.